The van der Waals surface area contributed by atoms with Crippen LogP contribution in [0.25, 0.3) is 0 Å². The highest BCUT2D eigenvalue weighted by molar-refractivity contribution is 6.31. The molecule has 0 amide bonds. The van der Waals surface area contributed by atoms with Crippen LogP contribution in [-0.2, 0) is 39.5 Å². The topological polar surface area (TPSA) is 213 Å². The Balaban J connectivity index is -0.000000334. The van der Waals surface area contributed by atoms with Gasteiger partial charge in [0.25, 0.3) is 5.97 Å². The summed E-state index contributed by atoms with van der Waals surface area (Å²) in [6.45, 7) is 9.04. The van der Waals surface area contributed by atoms with Crippen LogP contribution in [0.1, 0.15) is 101 Å². The lowest BCUT2D eigenvalue weighted by Crippen LogP contribution is -2.36. The van der Waals surface area contributed by atoms with Crippen molar-refractivity contribution in [1.29, 1.82) is 0 Å². The third-order valence-electron chi connectivity index (χ3n) is 6.42. The van der Waals surface area contributed by atoms with Crippen LogP contribution in [-0.4, -0.2) is 59.5 Å². The van der Waals surface area contributed by atoms with Crippen molar-refractivity contribution >= 4 is 53.5 Å². The molecule has 0 saturated heterocycles. The molecule has 0 heterocycles. The van der Waals surface area contributed by atoms with E-state index in [1.807, 2.05) is 6.92 Å². The van der Waals surface area contributed by atoms with Crippen LogP contribution in [0.4, 0.5) is 26.3 Å². The Morgan fingerprint density at radius 1 is 0.846 bits per heavy atom. The fourth-order valence-corrected chi connectivity index (χ4v) is 3.77. The predicted molar refractivity (Wildman–Crippen MR) is 181 cm³/mol. The van der Waals surface area contributed by atoms with E-state index in [2.05, 4.69) is 0 Å². The smallest absolute Gasteiger partial charge is 0.397 e. The molecule has 1 atom stereocenters. The zero-order valence-electron chi connectivity index (χ0n) is 29.5. The molecule has 7 N–H and O–H groups in total. The van der Waals surface area contributed by atoms with Crippen LogP contribution in [0.5, 0.6) is 0 Å². The molecule has 0 radical (unpaired) electrons. The molecule has 296 valence electrons. The zero-order chi connectivity index (χ0) is 41.0. The predicted octanol–water partition coefficient (Wildman–Crippen LogP) is 8.67. The number of aliphatic carboxylic acids is 2. The largest absolute Gasteiger partial charge is 0.481 e. The van der Waals surface area contributed by atoms with Crippen LogP contribution >= 0.6 is 23.2 Å². The number of ether oxygens (including phenoxy) is 1. The summed E-state index contributed by atoms with van der Waals surface area (Å²) in [7, 11) is 0. The second-order valence-electron chi connectivity index (χ2n) is 11.3. The molecule has 0 spiro atoms. The third-order valence-corrected chi connectivity index (χ3v) is 6.86. The van der Waals surface area contributed by atoms with E-state index in [4.69, 9.17) is 58.3 Å². The number of nitrogens with two attached hydrogens (primary N) is 1. The zero-order valence-corrected chi connectivity index (χ0v) is 31.0. The molecule has 0 fully saturated rings. The average Bonchev–Trinajstić information content (AvgIpc) is 2.96. The maximum absolute atomic E-state index is 13.1. The van der Waals surface area contributed by atoms with Gasteiger partial charge in [0.05, 0.1) is 23.9 Å². The first kappa shape index (κ1) is 54.7. The van der Waals surface area contributed by atoms with Crippen molar-refractivity contribution in [3.8, 4) is 0 Å². The quantitative estimate of drug-likeness (QED) is 0.107. The van der Waals surface area contributed by atoms with E-state index in [9.17, 15) is 40.7 Å². The average molecular weight is 798 g/mol. The number of rotatable bonds is 9. The van der Waals surface area contributed by atoms with Gasteiger partial charge < -0.3 is 26.8 Å². The molecule has 0 aromatic heterocycles. The number of benzene rings is 2. The van der Waals surface area contributed by atoms with E-state index in [1.54, 1.807) is 6.92 Å². The normalized spacial score (nSPS) is 11.3. The van der Waals surface area contributed by atoms with Crippen LogP contribution in [0.15, 0.2) is 36.4 Å². The van der Waals surface area contributed by atoms with E-state index in [1.165, 1.54) is 36.4 Å². The van der Waals surface area contributed by atoms with Crippen LogP contribution in [0.3, 0.4) is 0 Å². The van der Waals surface area contributed by atoms with Crippen molar-refractivity contribution in [3.05, 3.63) is 68.7 Å². The summed E-state index contributed by atoms with van der Waals surface area (Å²) in [6, 6.07) is 7.03. The highest BCUT2D eigenvalue weighted by Gasteiger charge is 2.49. The molecule has 0 aliphatic carbocycles. The Hall–Kier alpha value is -4.02. The van der Waals surface area contributed by atoms with Crippen LogP contribution in [0.2, 0.25) is 10.0 Å². The summed E-state index contributed by atoms with van der Waals surface area (Å²) in [6.07, 6.45) is -7.20. The lowest BCUT2D eigenvalue weighted by molar-refractivity contribution is -0.192. The lowest BCUT2D eigenvalue weighted by atomic mass is 9.82. The first-order valence-corrected chi connectivity index (χ1v) is 15.4. The van der Waals surface area contributed by atoms with Gasteiger partial charge in [-0.15, -0.1) is 0 Å². The molecule has 0 bridgehead atoms. The summed E-state index contributed by atoms with van der Waals surface area (Å²) in [5, 5.41) is 15.6. The monoisotopic (exact) mass is 796 g/mol. The second kappa shape index (κ2) is 25.0. The molecule has 0 saturated carbocycles. The summed E-state index contributed by atoms with van der Waals surface area (Å²) in [5.74, 6) is -2.05. The Kier molecular flexibility index (Phi) is 26.4. The van der Waals surface area contributed by atoms with E-state index in [-0.39, 0.29) is 52.1 Å². The van der Waals surface area contributed by atoms with Crippen molar-refractivity contribution in [2.75, 3.05) is 6.61 Å². The molecule has 1 unspecified atom stereocenters. The van der Waals surface area contributed by atoms with Gasteiger partial charge in [-0.05, 0) is 88.1 Å². The minimum absolute atomic E-state index is 0. The Morgan fingerprint density at radius 3 is 1.54 bits per heavy atom. The number of carboxylic acids is 2. The van der Waals surface area contributed by atoms with E-state index in [0.717, 1.165) is 41.0 Å². The number of alkyl halides is 6. The van der Waals surface area contributed by atoms with E-state index >= 15 is 0 Å². The van der Waals surface area contributed by atoms with Gasteiger partial charge in [-0.25, -0.2) is 0 Å². The highest BCUT2D eigenvalue weighted by atomic mass is 35.5. The van der Waals surface area contributed by atoms with Crippen molar-refractivity contribution in [1.82, 2.24) is 6.15 Å². The minimum Gasteiger partial charge on any atom is -0.481 e. The van der Waals surface area contributed by atoms with Crippen molar-refractivity contribution in [2.24, 2.45) is 5.73 Å². The SMILES string of the molecule is CC(=O)O.CC(C)(c1cc(Cl)cc(C=O)c1)C(F)(F)F.CCCC(=O)O.CCOC(=O)CC(N)c1cc(Cl)cc(C(C)(C)C(F)(F)F)c1.N.O=C=O. The van der Waals surface area contributed by atoms with Gasteiger partial charge in [0.1, 0.15) is 6.29 Å². The van der Waals surface area contributed by atoms with Gasteiger partial charge in [-0.2, -0.15) is 35.9 Å². The molecule has 2 rings (SSSR count). The van der Waals surface area contributed by atoms with Crippen molar-refractivity contribution < 1.29 is 70.1 Å². The van der Waals surface area contributed by atoms with Gasteiger partial charge >= 0.3 is 30.4 Å². The van der Waals surface area contributed by atoms with Crippen molar-refractivity contribution in [2.45, 2.75) is 97.0 Å². The van der Waals surface area contributed by atoms with Gasteiger partial charge in [0, 0.05) is 35.0 Å². The van der Waals surface area contributed by atoms with E-state index < -0.39 is 47.1 Å². The lowest BCUT2D eigenvalue weighted by Gasteiger charge is -2.29. The number of carbonyl (C=O) groups is 4. The maximum atomic E-state index is 13.1. The molecule has 2 aromatic rings. The third kappa shape index (κ3) is 21.4. The first-order chi connectivity index (χ1) is 23.1. The molecule has 11 nitrogen and oxygen atoms in total. The summed E-state index contributed by atoms with van der Waals surface area (Å²) >= 11 is 11.6. The van der Waals surface area contributed by atoms with E-state index in [0.29, 0.717) is 18.3 Å². The van der Waals surface area contributed by atoms with Gasteiger partial charge in [0.2, 0.25) is 0 Å². The fraction of sp³-hybridized carbons (Fsp3) is 0.485. The summed E-state index contributed by atoms with van der Waals surface area (Å²) in [5.41, 5.74) is 2.26. The summed E-state index contributed by atoms with van der Waals surface area (Å²) < 4.78 is 82.5. The number of hydrogen-bond acceptors (Lipinski definition) is 9. The van der Waals surface area contributed by atoms with Gasteiger partial charge in [-0.3, -0.25) is 19.2 Å². The molecular formula is C33H44Cl2F6N2O9. The molecule has 0 aliphatic rings. The van der Waals surface area contributed by atoms with Gasteiger partial charge in [-0.1, -0.05) is 36.2 Å². The van der Waals surface area contributed by atoms with Crippen LogP contribution in [0, 0.1) is 0 Å². The Labute approximate surface area is 307 Å². The number of aldehydes is 1. The number of carboxylic acid groups (broad SMARTS) is 2. The fourth-order valence-electron chi connectivity index (χ4n) is 3.29. The number of hydrogen-bond donors (Lipinski definition) is 4. The number of halogens is 8. The molecule has 52 heavy (non-hydrogen) atoms. The number of carbonyl (C=O) groups excluding carboxylic acids is 4. The molecular weight excluding hydrogens is 753 g/mol. The highest BCUT2D eigenvalue weighted by Crippen LogP contribution is 2.42. The molecule has 2 aromatic carbocycles. The van der Waals surface area contributed by atoms with Crippen LogP contribution < -0.4 is 11.9 Å². The molecule has 0 aliphatic heterocycles. The Bertz CT molecular complexity index is 1460. The number of esters is 1. The maximum Gasteiger partial charge on any atom is 0.397 e. The minimum atomic E-state index is -4.43. The van der Waals surface area contributed by atoms with Crippen molar-refractivity contribution in [3.63, 3.8) is 0 Å². The second-order valence-corrected chi connectivity index (χ2v) is 12.1. The standard InChI is InChI=1S/C15H19ClF3NO2.C11H10ClF3O.C4H8O2.C2H4O2.CO2.H3N/c1-4-22-13(21)8-12(20)9-5-10(7-11(16)6-9)14(2,3)15(17,18)19;1-10(2,11(13,14)15)8-3-7(6-16)4-9(12)5-8;1-2-3-4(5)6;1-2(3)4;2-1-3;/h5-7,12H,4,8,20H2,1-3H3;3-6H,1-2H3;2-3H2,1H3,(H,5,6);1H3,(H,3,4);;1H3. The Morgan fingerprint density at radius 2 is 1.23 bits per heavy atom. The first-order valence-electron chi connectivity index (χ1n) is 14.6. The summed E-state index contributed by atoms with van der Waals surface area (Å²) in [4.78, 5) is 56.8. The van der Waals surface area contributed by atoms with Gasteiger partial charge in [0.15, 0.2) is 0 Å². The molecule has 19 heteroatoms.